The third kappa shape index (κ3) is 4.37. The molecule has 1 aliphatic carbocycles. The Morgan fingerprint density at radius 1 is 1.38 bits per heavy atom. The molecular formula is C22H25ClN4O2. The van der Waals surface area contributed by atoms with E-state index in [2.05, 4.69) is 18.0 Å². The molecule has 2 aromatic rings. The van der Waals surface area contributed by atoms with Crippen molar-refractivity contribution in [3.63, 3.8) is 0 Å². The number of hydrogen-bond donors (Lipinski definition) is 0. The number of amides is 1. The van der Waals surface area contributed by atoms with Gasteiger partial charge in [-0.25, -0.2) is 4.98 Å². The average Bonchev–Trinajstić information content (AvgIpc) is 3.34. The molecule has 7 heteroatoms. The molecule has 2 aromatic heterocycles. The zero-order valence-electron chi connectivity index (χ0n) is 16.8. The van der Waals surface area contributed by atoms with E-state index in [1.54, 1.807) is 6.20 Å². The van der Waals surface area contributed by atoms with Crippen molar-refractivity contribution in [1.29, 1.82) is 0 Å². The molecule has 6 nitrogen and oxygen atoms in total. The number of aromatic nitrogens is 3. The van der Waals surface area contributed by atoms with Crippen LogP contribution < -0.4 is 0 Å². The largest absolute Gasteiger partial charge is 0.442 e. The van der Waals surface area contributed by atoms with Crippen molar-refractivity contribution in [2.45, 2.75) is 45.0 Å². The van der Waals surface area contributed by atoms with E-state index in [4.69, 9.17) is 21.1 Å². The van der Waals surface area contributed by atoms with Crippen LogP contribution in [-0.4, -0.2) is 44.0 Å². The van der Waals surface area contributed by atoms with Crippen molar-refractivity contribution in [2.24, 2.45) is 0 Å². The summed E-state index contributed by atoms with van der Waals surface area (Å²) in [6.45, 7) is 5.43. The molecule has 0 saturated heterocycles. The van der Waals surface area contributed by atoms with Gasteiger partial charge in [0.05, 0.1) is 17.3 Å². The zero-order chi connectivity index (χ0) is 20.4. The van der Waals surface area contributed by atoms with Crippen LogP contribution in [0.4, 0.5) is 0 Å². The van der Waals surface area contributed by atoms with E-state index >= 15 is 0 Å². The number of alkyl halides is 1. The van der Waals surface area contributed by atoms with E-state index in [-0.39, 0.29) is 17.8 Å². The molecule has 0 saturated carbocycles. The van der Waals surface area contributed by atoms with E-state index in [0.29, 0.717) is 19.0 Å². The van der Waals surface area contributed by atoms with Crippen LogP contribution >= 0.6 is 11.6 Å². The van der Waals surface area contributed by atoms with Crippen molar-refractivity contribution in [3.05, 3.63) is 59.6 Å². The molecule has 3 heterocycles. The highest BCUT2D eigenvalue weighted by molar-refractivity contribution is 6.22. The second kappa shape index (κ2) is 8.41. The molecule has 29 heavy (non-hydrogen) atoms. The molecule has 1 atom stereocenters. The molecule has 0 aromatic carbocycles. The highest BCUT2D eigenvalue weighted by Crippen LogP contribution is 2.27. The van der Waals surface area contributed by atoms with Crippen LogP contribution in [0.2, 0.25) is 0 Å². The Hall–Kier alpha value is -2.60. The van der Waals surface area contributed by atoms with E-state index in [1.807, 2.05) is 40.8 Å². The van der Waals surface area contributed by atoms with Gasteiger partial charge >= 0.3 is 0 Å². The highest BCUT2D eigenvalue weighted by atomic mass is 35.5. The van der Waals surface area contributed by atoms with Crippen molar-refractivity contribution in [3.8, 4) is 0 Å². The number of oxazole rings is 1. The van der Waals surface area contributed by atoms with Crippen LogP contribution in [0.15, 0.2) is 41.0 Å². The maximum atomic E-state index is 12.9. The summed E-state index contributed by atoms with van der Waals surface area (Å²) in [4.78, 5) is 19.0. The quantitative estimate of drug-likeness (QED) is 0.696. The van der Waals surface area contributed by atoms with E-state index in [0.717, 1.165) is 47.6 Å². The number of allylic oxidation sites excluding steroid dienone is 4. The molecule has 1 aliphatic heterocycles. The van der Waals surface area contributed by atoms with Gasteiger partial charge in [-0.1, -0.05) is 31.2 Å². The Bertz CT molecular complexity index is 998. The molecular weight excluding hydrogens is 388 g/mol. The van der Waals surface area contributed by atoms with Crippen LogP contribution in [0.3, 0.4) is 0 Å². The van der Waals surface area contributed by atoms with Gasteiger partial charge in [0.15, 0.2) is 0 Å². The zero-order valence-corrected chi connectivity index (χ0v) is 17.5. The lowest BCUT2D eigenvalue weighted by atomic mass is 10.0. The SMILES string of the molecule is CCc1cc(C2=CC=CC(Cl)C2)nn1CC(=O)N1CC=C(c2ncc(C)o2)CC1. The first kappa shape index (κ1) is 19.7. The topological polar surface area (TPSA) is 64.2 Å². The predicted octanol–water partition coefficient (Wildman–Crippen LogP) is 4.01. The Labute approximate surface area is 175 Å². The maximum Gasteiger partial charge on any atom is 0.244 e. The van der Waals surface area contributed by atoms with Crippen molar-refractivity contribution < 1.29 is 9.21 Å². The van der Waals surface area contributed by atoms with Gasteiger partial charge < -0.3 is 9.32 Å². The van der Waals surface area contributed by atoms with Gasteiger partial charge in [0.25, 0.3) is 0 Å². The minimum Gasteiger partial charge on any atom is -0.442 e. The number of carbonyl (C=O) groups excluding carboxylic acids is 1. The standard InChI is InChI=1S/C22H25ClN4O2/c1-3-19-12-20(17-5-4-6-18(23)11-17)25-27(19)14-21(28)26-9-7-16(8-10-26)22-24-13-15(2)29-22/h4-7,12-13,18H,3,8-11,14H2,1-2H3. The molecule has 0 N–H and O–H groups in total. The predicted molar refractivity (Wildman–Crippen MR) is 113 cm³/mol. The van der Waals surface area contributed by atoms with E-state index in [9.17, 15) is 4.79 Å². The molecule has 4 rings (SSSR count). The molecule has 0 radical (unpaired) electrons. The van der Waals surface area contributed by atoms with Crippen LogP contribution in [0.5, 0.6) is 0 Å². The van der Waals surface area contributed by atoms with Gasteiger partial charge in [-0.15, -0.1) is 11.6 Å². The minimum atomic E-state index is -0.00590. The van der Waals surface area contributed by atoms with E-state index < -0.39 is 0 Å². The number of rotatable bonds is 5. The van der Waals surface area contributed by atoms with Gasteiger partial charge in [-0.3, -0.25) is 9.48 Å². The van der Waals surface area contributed by atoms with Crippen molar-refractivity contribution >= 4 is 28.7 Å². The summed E-state index contributed by atoms with van der Waals surface area (Å²) in [6, 6.07) is 2.07. The fourth-order valence-corrected chi connectivity index (χ4v) is 3.93. The van der Waals surface area contributed by atoms with Crippen molar-refractivity contribution in [1.82, 2.24) is 19.7 Å². The lowest BCUT2D eigenvalue weighted by Crippen LogP contribution is -2.37. The first-order chi connectivity index (χ1) is 14.0. The first-order valence-electron chi connectivity index (χ1n) is 10.0. The Kier molecular flexibility index (Phi) is 5.72. The van der Waals surface area contributed by atoms with Crippen LogP contribution in [0.25, 0.3) is 11.1 Å². The number of halogens is 1. The van der Waals surface area contributed by atoms with Crippen LogP contribution in [0.1, 0.15) is 42.8 Å². The maximum absolute atomic E-state index is 12.9. The summed E-state index contributed by atoms with van der Waals surface area (Å²) in [5, 5.41) is 4.70. The average molecular weight is 413 g/mol. The lowest BCUT2D eigenvalue weighted by Gasteiger charge is -2.26. The van der Waals surface area contributed by atoms with Gasteiger partial charge in [0.2, 0.25) is 11.8 Å². The van der Waals surface area contributed by atoms with Gasteiger partial charge in [0.1, 0.15) is 12.3 Å². The summed E-state index contributed by atoms with van der Waals surface area (Å²) in [7, 11) is 0. The first-order valence-corrected chi connectivity index (χ1v) is 10.4. The molecule has 0 fully saturated rings. The summed E-state index contributed by atoms with van der Waals surface area (Å²) in [5.41, 5.74) is 4.13. The number of carbonyl (C=O) groups is 1. The Morgan fingerprint density at radius 3 is 2.90 bits per heavy atom. The van der Waals surface area contributed by atoms with Crippen molar-refractivity contribution in [2.75, 3.05) is 13.1 Å². The fourth-order valence-electron chi connectivity index (χ4n) is 3.68. The molecule has 1 unspecified atom stereocenters. The molecule has 0 bridgehead atoms. The number of hydrogen-bond acceptors (Lipinski definition) is 4. The fraction of sp³-hybridized carbons (Fsp3) is 0.409. The third-order valence-electron chi connectivity index (χ3n) is 5.33. The Balaban J connectivity index is 1.44. The smallest absolute Gasteiger partial charge is 0.244 e. The normalized spacial score (nSPS) is 19.3. The minimum absolute atomic E-state index is 0.00590. The van der Waals surface area contributed by atoms with Gasteiger partial charge in [-0.2, -0.15) is 5.10 Å². The lowest BCUT2D eigenvalue weighted by molar-refractivity contribution is -0.131. The summed E-state index contributed by atoms with van der Waals surface area (Å²) >= 11 is 6.25. The molecule has 0 spiro atoms. The van der Waals surface area contributed by atoms with Gasteiger partial charge in [0, 0.05) is 24.4 Å². The number of nitrogens with zero attached hydrogens (tertiary/aromatic N) is 4. The summed E-state index contributed by atoms with van der Waals surface area (Å²) in [6.07, 6.45) is 12.1. The monoisotopic (exact) mass is 412 g/mol. The summed E-state index contributed by atoms with van der Waals surface area (Å²) < 4.78 is 7.43. The number of aryl methyl sites for hydroxylation is 2. The van der Waals surface area contributed by atoms with Crippen LogP contribution in [-0.2, 0) is 17.8 Å². The Morgan fingerprint density at radius 2 is 2.24 bits per heavy atom. The second-order valence-corrected chi connectivity index (χ2v) is 7.98. The molecule has 152 valence electrons. The summed E-state index contributed by atoms with van der Waals surface area (Å²) in [5.74, 6) is 1.53. The second-order valence-electron chi connectivity index (χ2n) is 7.42. The van der Waals surface area contributed by atoms with Crippen LogP contribution in [0, 0.1) is 6.92 Å². The van der Waals surface area contributed by atoms with E-state index in [1.165, 1.54) is 0 Å². The third-order valence-corrected chi connectivity index (χ3v) is 5.63. The van der Waals surface area contributed by atoms with Gasteiger partial charge in [-0.05, 0) is 37.8 Å². The highest BCUT2D eigenvalue weighted by Gasteiger charge is 2.22. The molecule has 2 aliphatic rings. The molecule has 1 amide bonds.